The Morgan fingerprint density at radius 2 is 1.81 bits per heavy atom. The van der Waals surface area contributed by atoms with Crippen molar-refractivity contribution < 1.29 is 14.3 Å². The number of carbonyl (C=O) groups is 1. The topological polar surface area (TPSA) is 77.0 Å². The van der Waals surface area contributed by atoms with Crippen molar-refractivity contribution in [3.63, 3.8) is 0 Å². The van der Waals surface area contributed by atoms with Crippen LogP contribution in [-0.4, -0.2) is 32.2 Å². The number of carbonyl (C=O) groups excluding carboxylic acids is 1. The number of nitrogens with zero attached hydrogens (tertiary/aromatic N) is 1. The quantitative estimate of drug-likeness (QED) is 0.280. The highest BCUT2D eigenvalue weighted by Gasteiger charge is 2.18. The predicted molar refractivity (Wildman–Crippen MR) is 147 cm³/mol. The second-order valence-electron chi connectivity index (χ2n) is 9.92. The first-order chi connectivity index (χ1) is 18.0. The molecule has 0 saturated heterocycles. The fraction of sp³-hybridized carbons (Fsp3) is 0.387. The van der Waals surface area contributed by atoms with Gasteiger partial charge in [-0.2, -0.15) is 4.91 Å². The van der Waals surface area contributed by atoms with Crippen LogP contribution in [0, 0.1) is 17.7 Å². The maximum Gasteiger partial charge on any atom is 0.224 e. The Labute approximate surface area is 219 Å². The highest BCUT2D eigenvalue weighted by molar-refractivity contribution is 5.79. The molecule has 0 radical (unpaired) electrons. The average Bonchev–Trinajstić information content (AvgIpc) is 2.87. The lowest BCUT2D eigenvalue weighted by Crippen LogP contribution is -2.39. The largest absolute Gasteiger partial charge is 0.497 e. The molecule has 1 aliphatic rings. The molecule has 1 fully saturated rings. The average molecular weight is 501 g/mol. The molecule has 0 aromatic heterocycles. The van der Waals surface area contributed by atoms with Crippen LogP contribution in [0.4, 0.5) is 0 Å². The van der Waals surface area contributed by atoms with E-state index in [9.17, 15) is 9.70 Å². The minimum absolute atomic E-state index is 0.0201. The second kappa shape index (κ2) is 13.0. The van der Waals surface area contributed by atoms with Crippen LogP contribution in [-0.2, 0) is 17.6 Å². The third-order valence-corrected chi connectivity index (χ3v) is 7.12. The first-order valence-corrected chi connectivity index (χ1v) is 13.1. The fourth-order valence-corrected chi connectivity index (χ4v) is 4.66. The maximum atomic E-state index is 12.8. The zero-order chi connectivity index (χ0) is 26.0. The van der Waals surface area contributed by atoms with Crippen LogP contribution in [0.1, 0.15) is 42.4 Å². The minimum Gasteiger partial charge on any atom is -0.497 e. The molecule has 0 spiro atoms. The van der Waals surface area contributed by atoms with E-state index in [0.717, 1.165) is 58.3 Å². The molecule has 1 amide bonds. The third kappa shape index (κ3) is 7.66. The molecule has 194 valence electrons. The highest BCUT2D eigenvalue weighted by Crippen LogP contribution is 2.30. The van der Waals surface area contributed by atoms with Crippen LogP contribution in [0.2, 0.25) is 0 Å². The summed E-state index contributed by atoms with van der Waals surface area (Å²) in [5.41, 5.74) is 5.11. The van der Waals surface area contributed by atoms with Gasteiger partial charge in [-0.15, -0.1) is 0 Å². The number of benzene rings is 3. The standard InChI is InChI=1S/C31H36N2O4/c1-22-9-10-25(18-30(22)37-16-15-23-5-3-6-23)17-28(21-32-35)33-31(34)19-24-11-13-26(14-12-24)27-7-4-8-29(20-27)36-2/h4,7-14,18,20,23,28H,3,5-6,15-17,19,21H2,1-2H3,(H,33,34)/t28-/m0/s1. The van der Waals surface area contributed by atoms with Gasteiger partial charge >= 0.3 is 0 Å². The molecule has 0 heterocycles. The number of nitrogens with one attached hydrogen (secondary N) is 1. The SMILES string of the molecule is COc1cccc(-c2ccc(CC(=O)N[C@H](CN=O)Cc3ccc(C)c(OCCC4CCC4)c3)cc2)c1. The molecule has 0 unspecified atom stereocenters. The molecule has 6 nitrogen and oxygen atoms in total. The number of hydrogen-bond donors (Lipinski definition) is 1. The zero-order valence-corrected chi connectivity index (χ0v) is 21.7. The molecule has 0 aliphatic heterocycles. The van der Waals surface area contributed by atoms with Crippen molar-refractivity contribution in [2.45, 2.75) is 51.5 Å². The Hall–Kier alpha value is -3.67. The van der Waals surface area contributed by atoms with Crippen LogP contribution in [0.5, 0.6) is 11.5 Å². The molecule has 1 saturated carbocycles. The number of hydrogen-bond acceptors (Lipinski definition) is 5. The Balaban J connectivity index is 1.33. The molecule has 6 heteroatoms. The zero-order valence-electron chi connectivity index (χ0n) is 21.7. The monoisotopic (exact) mass is 500 g/mol. The molecule has 1 aliphatic carbocycles. The van der Waals surface area contributed by atoms with Gasteiger partial charge in [0, 0.05) is 0 Å². The molecule has 3 aromatic rings. The van der Waals surface area contributed by atoms with Crippen LogP contribution in [0.25, 0.3) is 11.1 Å². The number of nitroso groups, excluding NO2 is 1. The van der Waals surface area contributed by atoms with Gasteiger partial charge in [-0.3, -0.25) is 4.79 Å². The van der Waals surface area contributed by atoms with Crippen molar-refractivity contribution in [3.05, 3.63) is 88.3 Å². The van der Waals surface area contributed by atoms with Crippen molar-refractivity contribution in [1.29, 1.82) is 0 Å². The van der Waals surface area contributed by atoms with E-state index < -0.39 is 0 Å². The van der Waals surface area contributed by atoms with Gasteiger partial charge in [-0.25, -0.2) is 0 Å². The van der Waals surface area contributed by atoms with Gasteiger partial charge in [0.1, 0.15) is 18.0 Å². The summed E-state index contributed by atoms with van der Waals surface area (Å²) in [6, 6.07) is 21.5. The van der Waals surface area contributed by atoms with Crippen molar-refractivity contribution in [2.75, 3.05) is 20.3 Å². The van der Waals surface area contributed by atoms with Gasteiger partial charge in [0.25, 0.3) is 0 Å². The lowest BCUT2D eigenvalue weighted by atomic mass is 9.83. The van der Waals surface area contributed by atoms with Crippen LogP contribution < -0.4 is 14.8 Å². The van der Waals surface area contributed by atoms with Gasteiger partial charge in [0.15, 0.2) is 0 Å². The lowest BCUT2D eigenvalue weighted by molar-refractivity contribution is -0.121. The molecule has 37 heavy (non-hydrogen) atoms. The van der Waals surface area contributed by atoms with Crippen molar-refractivity contribution in [1.82, 2.24) is 5.32 Å². The Bertz CT molecular complexity index is 1190. The summed E-state index contributed by atoms with van der Waals surface area (Å²) >= 11 is 0. The lowest BCUT2D eigenvalue weighted by Gasteiger charge is -2.25. The van der Waals surface area contributed by atoms with E-state index in [0.29, 0.717) is 6.42 Å². The van der Waals surface area contributed by atoms with E-state index in [1.807, 2.05) is 73.7 Å². The molecule has 0 bridgehead atoms. The van der Waals surface area contributed by atoms with Gasteiger partial charge in [0.2, 0.25) is 5.91 Å². The molecular formula is C31H36N2O4. The Kier molecular flexibility index (Phi) is 9.30. The molecule has 1 atom stereocenters. The first-order valence-electron chi connectivity index (χ1n) is 13.1. The maximum absolute atomic E-state index is 12.8. The number of amides is 1. The van der Waals surface area contributed by atoms with Gasteiger partial charge in [0.05, 0.1) is 26.2 Å². The number of rotatable bonds is 13. The van der Waals surface area contributed by atoms with E-state index in [4.69, 9.17) is 9.47 Å². The summed E-state index contributed by atoms with van der Waals surface area (Å²) in [6.45, 7) is 2.78. The summed E-state index contributed by atoms with van der Waals surface area (Å²) in [5, 5.41) is 6.06. The fourth-order valence-electron chi connectivity index (χ4n) is 4.66. The smallest absolute Gasteiger partial charge is 0.224 e. The van der Waals surface area contributed by atoms with Gasteiger partial charge < -0.3 is 14.8 Å². The van der Waals surface area contributed by atoms with Crippen LogP contribution in [0.15, 0.2) is 71.9 Å². The van der Waals surface area contributed by atoms with E-state index >= 15 is 0 Å². The summed E-state index contributed by atoms with van der Waals surface area (Å²) in [6.07, 6.45) is 5.82. The van der Waals surface area contributed by atoms with E-state index in [1.165, 1.54) is 19.3 Å². The van der Waals surface area contributed by atoms with E-state index in [2.05, 4.69) is 10.5 Å². The molecule has 1 N–H and O–H groups in total. The molecule has 3 aromatic carbocycles. The predicted octanol–water partition coefficient (Wildman–Crippen LogP) is 6.28. The summed E-state index contributed by atoms with van der Waals surface area (Å²) in [5.74, 6) is 2.35. The molecule has 4 rings (SSSR count). The number of aryl methyl sites for hydroxylation is 1. The second-order valence-corrected chi connectivity index (χ2v) is 9.92. The normalized spacial score (nSPS) is 13.9. The molecular weight excluding hydrogens is 464 g/mol. The first kappa shape index (κ1) is 26.4. The van der Waals surface area contributed by atoms with Gasteiger partial charge in [-0.1, -0.05) is 73.0 Å². The van der Waals surface area contributed by atoms with Crippen LogP contribution in [0.3, 0.4) is 0 Å². The number of ether oxygens (including phenoxy) is 2. The van der Waals surface area contributed by atoms with E-state index in [-0.39, 0.29) is 24.9 Å². The van der Waals surface area contributed by atoms with Gasteiger partial charge in [-0.05, 0) is 71.7 Å². The summed E-state index contributed by atoms with van der Waals surface area (Å²) in [4.78, 5) is 23.9. The third-order valence-electron chi connectivity index (χ3n) is 7.12. The Morgan fingerprint density at radius 3 is 2.51 bits per heavy atom. The minimum atomic E-state index is -0.369. The number of methoxy groups -OCH3 is 1. The summed E-state index contributed by atoms with van der Waals surface area (Å²) < 4.78 is 11.4. The van der Waals surface area contributed by atoms with Crippen molar-refractivity contribution in [2.24, 2.45) is 11.1 Å². The highest BCUT2D eigenvalue weighted by atomic mass is 16.5. The van der Waals surface area contributed by atoms with Crippen LogP contribution >= 0.6 is 0 Å². The van der Waals surface area contributed by atoms with E-state index in [1.54, 1.807) is 7.11 Å². The Morgan fingerprint density at radius 1 is 1.03 bits per heavy atom. The van der Waals surface area contributed by atoms with Crippen molar-refractivity contribution >= 4 is 5.91 Å². The summed E-state index contributed by atoms with van der Waals surface area (Å²) in [7, 11) is 1.65. The van der Waals surface area contributed by atoms with Crippen molar-refractivity contribution in [3.8, 4) is 22.6 Å².